The topological polar surface area (TPSA) is 67.2 Å². The maximum Gasteiger partial charge on any atom is 0.274 e. The molecule has 0 saturated carbocycles. The standard InChI is InChI=1S/C23H21FN6OS/c24-15-6-8-16(9-7-15)30-19-5-1-3-17(19)20(27-30)22(31)28-11-13-29(14-12-28)23-26-18-4-2-10-25-21(18)32-23/h2,4,6-10H,1,3,5,11-14H2. The molecule has 0 atom stereocenters. The van der Waals surface area contributed by atoms with E-state index in [1.807, 2.05) is 21.7 Å². The van der Waals surface area contributed by atoms with Crippen LogP contribution in [0.1, 0.15) is 28.2 Å². The molecule has 0 bridgehead atoms. The van der Waals surface area contributed by atoms with Crippen LogP contribution in [0.2, 0.25) is 0 Å². The quantitative estimate of drug-likeness (QED) is 0.480. The third-order valence-electron chi connectivity index (χ3n) is 6.20. The third-order valence-corrected chi connectivity index (χ3v) is 7.24. The zero-order valence-corrected chi connectivity index (χ0v) is 18.2. The second kappa shape index (κ2) is 7.67. The van der Waals surface area contributed by atoms with Crippen LogP contribution < -0.4 is 4.90 Å². The lowest BCUT2D eigenvalue weighted by atomic mass is 10.1. The van der Waals surface area contributed by atoms with Crippen molar-refractivity contribution in [1.82, 2.24) is 24.6 Å². The van der Waals surface area contributed by atoms with E-state index >= 15 is 0 Å². The van der Waals surface area contributed by atoms with Gasteiger partial charge in [-0.3, -0.25) is 4.79 Å². The number of pyridine rings is 1. The molecular formula is C23H21FN6OS. The summed E-state index contributed by atoms with van der Waals surface area (Å²) in [5.74, 6) is -0.301. The van der Waals surface area contributed by atoms with Gasteiger partial charge in [-0.1, -0.05) is 11.3 Å². The number of nitrogens with zero attached hydrogens (tertiary/aromatic N) is 6. The molecule has 1 aliphatic heterocycles. The summed E-state index contributed by atoms with van der Waals surface area (Å²) < 4.78 is 15.2. The highest BCUT2D eigenvalue weighted by Crippen LogP contribution is 2.30. The van der Waals surface area contributed by atoms with Crippen LogP contribution >= 0.6 is 11.3 Å². The first-order chi connectivity index (χ1) is 15.7. The molecule has 7 nitrogen and oxygen atoms in total. The fourth-order valence-electron chi connectivity index (χ4n) is 4.55. The number of thiazole rings is 1. The highest BCUT2D eigenvalue weighted by atomic mass is 32.1. The molecule has 162 valence electrons. The van der Waals surface area contributed by atoms with Gasteiger partial charge < -0.3 is 9.80 Å². The van der Waals surface area contributed by atoms with Gasteiger partial charge in [0.05, 0.1) is 5.69 Å². The third kappa shape index (κ3) is 3.24. The molecule has 1 aromatic carbocycles. The van der Waals surface area contributed by atoms with E-state index in [0.29, 0.717) is 18.8 Å². The van der Waals surface area contributed by atoms with E-state index in [2.05, 4.69) is 15.0 Å². The first kappa shape index (κ1) is 19.4. The fourth-order valence-corrected chi connectivity index (χ4v) is 5.51. The highest BCUT2D eigenvalue weighted by Gasteiger charge is 2.31. The number of benzene rings is 1. The van der Waals surface area contributed by atoms with Crippen molar-refractivity contribution in [3.8, 4) is 5.69 Å². The van der Waals surface area contributed by atoms with Crippen LogP contribution in [-0.2, 0) is 12.8 Å². The van der Waals surface area contributed by atoms with Crippen molar-refractivity contribution in [3.63, 3.8) is 0 Å². The number of hydrogen-bond donors (Lipinski definition) is 0. The molecule has 4 aromatic rings. The van der Waals surface area contributed by atoms with Gasteiger partial charge in [-0.2, -0.15) is 5.10 Å². The van der Waals surface area contributed by atoms with E-state index in [9.17, 15) is 9.18 Å². The van der Waals surface area contributed by atoms with Gasteiger partial charge in [0, 0.05) is 43.6 Å². The molecule has 32 heavy (non-hydrogen) atoms. The minimum atomic E-state index is -0.282. The van der Waals surface area contributed by atoms with Crippen molar-refractivity contribution in [3.05, 3.63) is 65.4 Å². The van der Waals surface area contributed by atoms with Crippen LogP contribution in [0.5, 0.6) is 0 Å². The average Bonchev–Trinajstić information content (AvgIpc) is 3.54. The maximum absolute atomic E-state index is 13.4. The Balaban J connectivity index is 1.22. The molecule has 1 aliphatic carbocycles. The second-order valence-electron chi connectivity index (χ2n) is 8.12. The van der Waals surface area contributed by atoms with Gasteiger partial charge >= 0.3 is 0 Å². The van der Waals surface area contributed by atoms with Crippen LogP contribution in [0, 0.1) is 5.82 Å². The predicted molar refractivity (Wildman–Crippen MR) is 121 cm³/mol. The molecule has 0 spiro atoms. The monoisotopic (exact) mass is 448 g/mol. The molecule has 0 radical (unpaired) electrons. The van der Waals surface area contributed by atoms with Crippen LogP contribution in [-0.4, -0.2) is 56.7 Å². The molecule has 1 fully saturated rings. The molecular weight excluding hydrogens is 427 g/mol. The Hall–Kier alpha value is -3.33. The van der Waals surface area contributed by atoms with E-state index in [1.54, 1.807) is 29.7 Å². The van der Waals surface area contributed by atoms with Crippen LogP contribution in [0.4, 0.5) is 9.52 Å². The van der Waals surface area contributed by atoms with Crippen molar-refractivity contribution >= 4 is 32.7 Å². The van der Waals surface area contributed by atoms with Gasteiger partial charge in [0.25, 0.3) is 5.91 Å². The van der Waals surface area contributed by atoms with Crippen LogP contribution in [0.15, 0.2) is 42.6 Å². The van der Waals surface area contributed by atoms with Crippen molar-refractivity contribution in [2.75, 3.05) is 31.1 Å². The Kier molecular flexibility index (Phi) is 4.64. The number of anilines is 1. The Morgan fingerprint density at radius 1 is 1.03 bits per heavy atom. The molecule has 1 saturated heterocycles. The Morgan fingerprint density at radius 3 is 2.62 bits per heavy atom. The number of carbonyl (C=O) groups excluding carboxylic acids is 1. The van der Waals surface area contributed by atoms with E-state index in [4.69, 9.17) is 4.98 Å². The molecule has 6 rings (SSSR count). The summed E-state index contributed by atoms with van der Waals surface area (Å²) in [6.45, 7) is 2.71. The maximum atomic E-state index is 13.4. The number of rotatable bonds is 3. The van der Waals surface area contributed by atoms with Crippen LogP contribution in [0.3, 0.4) is 0 Å². The second-order valence-corrected chi connectivity index (χ2v) is 9.07. The first-order valence-electron chi connectivity index (χ1n) is 10.8. The summed E-state index contributed by atoms with van der Waals surface area (Å²) in [6, 6.07) is 10.1. The Labute approximate surface area is 188 Å². The summed E-state index contributed by atoms with van der Waals surface area (Å²) in [4.78, 5) is 27.5. The normalized spacial score (nSPS) is 16.0. The van der Waals surface area contributed by atoms with E-state index in [0.717, 1.165) is 64.8 Å². The van der Waals surface area contributed by atoms with Crippen molar-refractivity contribution in [2.24, 2.45) is 0 Å². The SMILES string of the molecule is O=C(c1nn(-c2ccc(F)cc2)c2c1CCC2)N1CCN(c2nc3cccnc3s2)CC1. The number of piperazine rings is 1. The Bertz CT molecular complexity index is 1270. The Morgan fingerprint density at radius 2 is 1.84 bits per heavy atom. The lowest BCUT2D eigenvalue weighted by molar-refractivity contribution is 0.0739. The molecule has 0 unspecified atom stereocenters. The fraction of sp³-hybridized carbons (Fsp3) is 0.304. The van der Waals surface area contributed by atoms with Crippen molar-refractivity contribution in [1.29, 1.82) is 0 Å². The first-order valence-corrected chi connectivity index (χ1v) is 11.6. The molecule has 2 aliphatic rings. The largest absolute Gasteiger partial charge is 0.344 e. The number of amides is 1. The van der Waals surface area contributed by atoms with Gasteiger partial charge in [0.2, 0.25) is 0 Å². The zero-order chi connectivity index (χ0) is 21.7. The number of fused-ring (bicyclic) bond motifs is 2. The molecule has 3 aromatic heterocycles. The lowest BCUT2D eigenvalue weighted by Crippen LogP contribution is -2.49. The number of carbonyl (C=O) groups is 1. The number of halogens is 1. The number of hydrogen-bond acceptors (Lipinski definition) is 6. The minimum Gasteiger partial charge on any atom is -0.344 e. The van der Waals surface area contributed by atoms with Gasteiger partial charge in [0.1, 0.15) is 16.2 Å². The summed E-state index contributed by atoms with van der Waals surface area (Å²) in [7, 11) is 0. The van der Waals surface area contributed by atoms with Gasteiger partial charge in [0.15, 0.2) is 10.8 Å². The van der Waals surface area contributed by atoms with E-state index < -0.39 is 0 Å². The van der Waals surface area contributed by atoms with Crippen molar-refractivity contribution in [2.45, 2.75) is 19.3 Å². The molecule has 4 heterocycles. The van der Waals surface area contributed by atoms with Gasteiger partial charge in [-0.05, 0) is 55.7 Å². The smallest absolute Gasteiger partial charge is 0.274 e. The molecule has 9 heteroatoms. The van der Waals surface area contributed by atoms with E-state index in [-0.39, 0.29) is 11.7 Å². The van der Waals surface area contributed by atoms with Crippen LogP contribution in [0.25, 0.3) is 16.0 Å². The highest BCUT2D eigenvalue weighted by molar-refractivity contribution is 7.21. The molecule has 0 N–H and O–H groups in total. The summed E-state index contributed by atoms with van der Waals surface area (Å²) in [5.41, 5.74) is 4.35. The average molecular weight is 449 g/mol. The predicted octanol–water partition coefficient (Wildman–Crippen LogP) is 3.47. The van der Waals surface area contributed by atoms with E-state index in [1.165, 1.54) is 12.1 Å². The number of aromatic nitrogens is 4. The van der Waals surface area contributed by atoms with Gasteiger partial charge in [-0.25, -0.2) is 19.0 Å². The minimum absolute atomic E-state index is 0.0189. The van der Waals surface area contributed by atoms with Crippen molar-refractivity contribution < 1.29 is 9.18 Å². The summed E-state index contributed by atoms with van der Waals surface area (Å²) >= 11 is 1.59. The summed E-state index contributed by atoms with van der Waals surface area (Å²) in [6.07, 6.45) is 4.53. The molecule has 1 amide bonds. The zero-order valence-electron chi connectivity index (χ0n) is 17.4. The summed E-state index contributed by atoms with van der Waals surface area (Å²) in [5, 5.41) is 5.63. The van der Waals surface area contributed by atoms with Gasteiger partial charge in [-0.15, -0.1) is 0 Å². The lowest BCUT2D eigenvalue weighted by Gasteiger charge is -2.34.